The number of rotatable bonds is 5. The van der Waals surface area contributed by atoms with E-state index in [1.54, 1.807) is 5.32 Å². The Balaban J connectivity index is 3.38. The minimum absolute atomic E-state index is 0.334. The Morgan fingerprint density at radius 1 is 1.21 bits per heavy atom. The fraction of sp³-hybridized carbons (Fsp3) is 0.857. The van der Waals surface area contributed by atoms with Gasteiger partial charge in [-0.2, -0.15) is 13.2 Å². The molecular weight excluding hydrogens is 199 g/mol. The molecule has 0 bridgehead atoms. The first-order chi connectivity index (χ1) is 6.45. The summed E-state index contributed by atoms with van der Waals surface area (Å²) in [6.07, 6.45) is -2.97. The zero-order valence-electron chi connectivity index (χ0n) is 7.66. The van der Waals surface area contributed by atoms with Crippen LogP contribution in [-0.4, -0.2) is 31.8 Å². The Morgan fingerprint density at radius 2 is 1.86 bits per heavy atom. The Bertz CT molecular complexity index is 172. The highest BCUT2D eigenvalue weighted by Crippen LogP contribution is 2.11. The molecule has 0 spiro atoms. The Morgan fingerprint density at radius 3 is 2.36 bits per heavy atom. The molecule has 0 aliphatic carbocycles. The third-order valence-corrected chi connectivity index (χ3v) is 1.37. The predicted molar refractivity (Wildman–Crippen MR) is 45.7 cm³/mol. The van der Waals surface area contributed by atoms with Crippen LogP contribution in [0.4, 0.5) is 18.0 Å². The third kappa shape index (κ3) is 9.11. The summed E-state index contributed by atoms with van der Waals surface area (Å²) in [5.74, 6) is 0. The topological polar surface area (TPSA) is 67.1 Å². The van der Waals surface area contributed by atoms with Gasteiger partial charge in [0.2, 0.25) is 0 Å². The molecule has 0 aliphatic heterocycles. The summed E-state index contributed by atoms with van der Waals surface area (Å²) in [7, 11) is 0. The molecule has 0 saturated heterocycles. The van der Waals surface area contributed by atoms with Gasteiger partial charge in [-0.1, -0.05) is 0 Å². The third-order valence-electron chi connectivity index (χ3n) is 1.37. The molecule has 0 aromatic carbocycles. The second-order valence-corrected chi connectivity index (χ2v) is 2.72. The maximum Gasteiger partial charge on any atom is 0.405 e. The van der Waals surface area contributed by atoms with Crippen molar-refractivity contribution in [3.8, 4) is 0 Å². The van der Waals surface area contributed by atoms with Crippen LogP contribution >= 0.6 is 0 Å². The smallest absolute Gasteiger partial charge is 0.338 e. The molecule has 0 atom stereocenters. The largest absolute Gasteiger partial charge is 0.405 e. The van der Waals surface area contributed by atoms with Gasteiger partial charge in [0, 0.05) is 6.54 Å². The maximum atomic E-state index is 11.6. The normalized spacial score (nSPS) is 11.1. The van der Waals surface area contributed by atoms with Crippen molar-refractivity contribution in [2.75, 3.05) is 19.6 Å². The number of nitrogens with one attached hydrogen (secondary N) is 2. The summed E-state index contributed by atoms with van der Waals surface area (Å²) in [6, 6.07) is -0.806. The van der Waals surface area contributed by atoms with Crippen LogP contribution in [0.5, 0.6) is 0 Å². The van der Waals surface area contributed by atoms with Gasteiger partial charge in [-0.3, -0.25) is 0 Å². The molecule has 4 nitrogen and oxygen atoms in total. The van der Waals surface area contributed by atoms with Gasteiger partial charge >= 0.3 is 12.2 Å². The van der Waals surface area contributed by atoms with E-state index in [0.717, 1.165) is 6.42 Å². The number of nitrogens with two attached hydrogens (primary N) is 1. The van der Waals surface area contributed by atoms with Crippen molar-refractivity contribution in [1.29, 1.82) is 0 Å². The molecule has 7 heteroatoms. The van der Waals surface area contributed by atoms with Crippen molar-refractivity contribution < 1.29 is 18.0 Å². The molecule has 0 heterocycles. The molecule has 0 radical (unpaired) electrons. The highest BCUT2D eigenvalue weighted by molar-refractivity contribution is 5.73. The number of halogens is 3. The number of carbonyl (C=O) groups excluding carboxylic acids is 1. The van der Waals surface area contributed by atoms with Crippen LogP contribution in [0.3, 0.4) is 0 Å². The van der Waals surface area contributed by atoms with Gasteiger partial charge < -0.3 is 16.4 Å². The highest BCUT2D eigenvalue weighted by atomic mass is 19.4. The number of carbonyl (C=O) groups is 1. The number of amides is 2. The summed E-state index contributed by atoms with van der Waals surface area (Å²) in [5, 5.41) is 3.98. The fourth-order valence-electron chi connectivity index (χ4n) is 0.714. The van der Waals surface area contributed by atoms with Gasteiger partial charge in [0.25, 0.3) is 0 Å². The van der Waals surface area contributed by atoms with Crippen molar-refractivity contribution in [3.63, 3.8) is 0 Å². The van der Waals surface area contributed by atoms with Gasteiger partial charge in [-0.25, -0.2) is 4.79 Å². The number of alkyl halides is 3. The minimum atomic E-state index is -4.37. The van der Waals surface area contributed by atoms with E-state index in [2.05, 4.69) is 5.32 Å². The molecule has 0 fully saturated rings. The van der Waals surface area contributed by atoms with E-state index >= 15 is 0 Å². The quantitative estimate of drug-likeness (QED) is 0.585. The summed E-state index contributed by atoms with van der Waals surface area (Å²) in [6.45, 7) is -0.470. The van der Waals surface area contributed by atoms with E-state index in [4.69, 9.17) is 5.73 Å². The lowest BCUT2D eigenvalue weighted by molar-refractivity contribution is -0.122. The SMILES string of the molecule is NCCCCNC(=O)NCC(F)(F)F. The highest BCUT2D eigenvalue weighted by Gasteiger charge is 2.27. The lowest BCUT2D eigenvalue weighted by Crippen LogP contribution is -2.41. The first kappa shape index (κ1) is 13.0. The zero-order chi connectivity index (χ0) is 11.0. The fourth-order valence-corrected chi connectivity index (χ4v) is 0.714. The average Bonchev–Trinajstić information content (AvgIpc) is 2.08. The van der Waals surface area contributed by atoms with Crippen molar-refractivity contribution >= 4 is 6.03 Å². The van der Waals surface area contributed by atoms with Crippen molar-refractivity contribution in [2.45, 2.75) is 19.0 Å². The second-order valence-electron chi connectivity index (χ2n) is 2.72. The van der Waals surface area contributed by atoms with E-state index in [-0.39, 0.29) is 0 Å². The lowest BCUT2D eigenvalue weighted by Gasteiger charge is -2.09. The second kappa shape index (κ2) is 6.47. The summed E-state index contributed by atoms with van der Waals surface area (Å²) in [5.41, 5.74) is 5.18. The van der Waals surface area contributed by atoms with Gasteiger partial charge in [-0.05, 0) is 19.4 Å². The van der Waals surface area contributed by atoms with E-state index in [1.807, 2.05) is 0 Å². The molecular formula is C7H14F3N3O. The van der Waals surface area contributed by atoms with Gasteiger partial charge in [-0.15, -0.1) is 0 Å². The summed E-state index contributed by atoms with van der Waals surface area (Å²) < 4.78 is 34.8. The number of unbranched alkanes of at least 4 members (excludes halogenated alkanes) is 1. The van der Waals surface area contributed by atoms with Gasteiger partial charge in [0.1, 0.15) is 6.54 Å². The van der Waals surface area contributed by atoms with Gasteiger partial charge in [0.05, 0.1) is 0 Å². The summed E-state index contributed by atoms with van der Waals surface area (Å²) >= 11 is 0. The summed E-state index contributed by atoms with van der Waals surface area (Å²) in [4.78, 5) is 10.7. The van der Waals surface area contributed by atoms with Crippen LogP contribution in [0.15, 0.2) is 0 Å². The average molecular weight is 213 g/mol. The van der Waals surface area contributed by atoms with E-state index < -0.39 is 18.8 Å². The van der Waals surface area contributed by atoms with E-state index in [9.17, 15) is 18.0 Å². The molecule has 0 rings (SSSR count). The maximum absolute atomic E-state index is 11.6. The predicted octanol–water partition coefficient (Wildman–Crippen LogP) is 0.587. The molecule has 0 aromatic rings. The van der Waals surface area contributed by atoms with Gasteiger partial charge in [0.15, 0.2) is 0 Å². The molecule has 2 amide bonds. The van der Waals surface area contributed by atoms with Crippen LogP contribution in [0.25, 0.3) is 0 Å². The standard InChI is InChI=1S/C7H14F3N3O/c8-7(9,10)5-13-6(14)12-4-2-1-3-11/h1-5,11H2,(H2,12,13,14). The van der Waals surface area contributed by atoms with E-state index in [0.29, 0.717) is 19.5 Å². The molecule has 0 aromatic heterocycles. The number of hydrogen-bond acceptors (Lipinski definition) is 2. The van der Waals surface area contributed by atoms with Crippen LogP contribution < -0.4 is 16.4 Å². The lowest BCUT2D eigenvalue weighted by atomic mass is 10.3. The molecule has 14 heavy (non-hydrogen) atoms. The number of urea groups is 1. The van der Waals surface area contributed by atoms with E-state index in [1.165, 1.54) is 0 Å². The molecule has 0 aliphatic rings. The number of hydrogen-bond donors (Lipinski definition) is 3. The molecule has 84 valence electrons. The van der Waals surface area contributed by atoms with Crippen molar-refractivity contribution in [3.05, 3.63) is 0 Å². The van der Waals surface area contributed by atoms with Crippen LogP contribution in [0.2, 0.25) is 0 Å². The Kier molecular flexibility index (Phi) is 6.02. The first-order valence-electron chi connectivity index (χ1n) is 4.24. The van der Waals surface area contributed by atoms with Crippen LogP contribution in [0, 0.1) is 0 Å². The zero-order valence-corrected chi connectivity index (χ0v) is 7.66. The molecule has 0 unspecified atom stereocenters. The monoisotopic (exact) mass is 213 g/mol. The molecule has 0 saturated carbocycles. The van der Waals surface area contributed by atoms with Crippen molar-refractivity contribution in [2.24, 2.45) is 5.73 Å². The molecule has 4 N–H and O–H groups in total. The Hall–Kier alpha value is -0.980. The van der Waals surface area contributed by atoms with Crippen LogP contribution in [0.1, 0.15) is 12.8 Å². The Labute approximate surface area is 80.0 Å². The minimum Gasteiger partial charge on any atom is -0.338 e. The van der Waals surface area contributed by atoms with Crippen LogP contribution in [-0.2, 0) is 0 Å². The first-order valence-corrected chi connectivity index (χ1v) is 4.24. The van der Waals surface area contributed by atoms with Crippen molar-refractivity contribution in [1.82, 2.24) is 10.6 Å².